The van der Waals surface area contributed by atoms with Gasteiger partial charge in [0.25, 0.3) is 0 Å². The molecule has 2 saturated carbocycles. The fourth-order valence-corrected chi connectivity index (χ4v) is 6.39. The molecular weight excluding hydrogens is 368 g/mol. The van der Waals surface area contributed by atoms with Gasteiger partial charge >= 0.3 is 0 Å². The number of phenolic OH excluding ortho intramolecular Hbond substituents is 1. The second kappa shape index (κ2) is 6.12. The van der Waals surface area contributed by atoms with Crippen LogP contribution in [0.25, 0.3) is 22.4 Å². The average Bonchev–Trinajstić information content (AvgIpc) is 3.26. The Kier molecular flexibility index (Phi) is 4.01. The molecule has 1 aromatic heterocycles. The lowest BCUT2D eigenvalue weighted by Gasteiger charge is -2.40. The number of hydrogen-bond acceptors (Lipinski definition) is 2. The zero-order chi connectivity index (χ0) is 21.5. The van der Waals surface area contributed by atoms with Crippen LogP contribution >= 0.6 is 0 Å². The molecule has 5 rings (SSSR count). The van der Waals surface area contributed by atoms with Gasteiger partial charge in [0.05, 0.1) is 11.0 Å². The SMILES string of the molecule is CC(C)(C)c1cc(-c2nc3ccccc3[nH]2)cc(C2CC3CCC2(C)C3(C)C)c1O. The van der Waals surface area contributed by atoms with Gasteiger partial charge in [-0.25, -0.2) is 4.98 Å². The average molecular weight is 403 g/mol. The summed E-state index contributed by atoms with van der Waals surface area (Å²) < 4.78 is 0. The summed E-state index contributed by atoms with van der Waals surface area (Å²) in [5.74, 6) is 2.50. The second-order valence-electron chi connectivity index (χ2n) is 11.5. The maximum Gasteiger partial charge on any atom is 0.138 e. The molecule has 0 saturated heterocycles. The van der Waals surface area contributed by atoms with E-state index in [9.17, 15) is 5.11 Å². The molecule has 158 valence electrons. The van der Waals surface area contributed by atoms with Crippen LogP contribution in [0.5, 0.6) is 5.75 Å². The number of imidazole rings is 1. The van der Waals surface area contributed by atoms with Gasteiger partial charge in [-0.1, -0.05) is 53.7 Å². The number of aromatic nitrogens is 2. The first-order valence-corrected chi connectivity index (χ1v) is 11.3. The van der Waals surface area contributed by atoms with E-state index in [4.69, 9.17) is 4.98 Å². The van der Waals surface area contributed by atoms with Gasteiger partial charge < -0.3 is 10.1 Å². The third-order valence-electron chi connectivity index (χ3n) is 8.78. The summed E-state index contributed by atoms with van der Waals surface area (Å²) in [6.45, 7) is 13.9. The second-order valence-corrected chi connectivity index (χ2v) is 11.5. The molecular formula is C27H34N2O. The van der Waals surface area contributed by atoms with Crippen LogP contribution in [0.1, 0.15) is 77.8 Å². The molecule has 3 aromatic rings. The third-order valence-corrected chi connectivity index (χ3v) is 8.78. The van der Waals surface area contributed by atoms with Gasteiger partial charge in [0.1, 0.15) is 11.6 Å². The Morgan fingerprint density at radius 2 is 1.83 bits per heavy atom. The van der Waals surface area contributed by atoms with E-state index in [2.05, 4.69) is 64.7 Å². The fraction of sp³-hybridized carbons (Fsp3) is 0.519. The third kappa shape index (κ3) is 2.60. The first-order valence-electron chi connectivity index (χ1n) is 11.3. The normalized spacial score (nSPS) is 27.8. The zero-order valence-corrected chi connectivity index (χ0v) is 19.1. The number of nitrogens with one attached hydrogen (secondary N) is 1. The number of aromatic hydroxyl groups is 1. The minimum atomic E-state index is -0.144. The maximum atomic E-state index is 11.5. The Morgan fingerprint density at radius 3 is 2.43 bits per heavy atom. The summed E-state index contributed by atoms with van der Waals surface area (Å²) in [5, 5.41) is 11.5. The van der Waals surface area contributed by atoms with E-state index in [-0.39, 0.29) is 10.8 Å². The Morgan fingerprint density at radius 1 is 1.10 bits per heavy atom. The Hall–Kier alpha value is -2.29. The summed E-state index contributed by atoms with van der Waals surface area (Å²) in [6.07, 6.45) is 3.73. The van der Waals surface area contributed by atoms with Gasteiger partial charge in [0, 0.05) is 11.1 Å². The molecule has 3 nitrogen and oxygen atoms in total. The van der Waals surface area contributed by atoms with Crippen molar-refractivity contribution in [3.05, 3.63) is 47.5 Å². The van der Waals surface area contributed by atoms with E-state index in [1.165, 1.54) is 19.3 Å². The number of rotatable bonds is 2. The minimum absolute atomic E-state index is 0.144. The molecule has 2 aliphatic rings. The highest BCUT2D eigenvalue weighted by Gasteiger charge is 2.61. The molecule has 2 aliphatic carbocycles. The molecule has 3 atom stereocenters. The number of aromatic amines is 1. The predicted octanol–water partition coefficient (Wildman–Crippen LogP) is 7.16. The molecule has 2 N–H and O–H groups in total. The first kappa shape index (κ1) is 19.7. The lowest BCUT2D eigenvalue weighted by atomic mass is 9.64. The van der Waals surface area contributed by atoms with Crippen LogP contribution in [0.3, 0.4) is 0 Å². The maximum absolute atomic E-state index is 11.5. The topological polar surface area (TPSA) is 48.9 Å². The van der Waals surface area contributed by atoms with E-state index >= 15 is 0 Å². The lowest BCUT2D eigenvalue weighted by molar-refractivity contribution is 0.133. The quantitative estimate of drug-likeness (QED) is 0.477. The molecule has 2 aromatic carbocycles. The highest BCUT2D eigenvalue weighted by Crippen LogP contribution is 2.71. The van der Waals surface area contributed by atoms with Crippen molar-refractivity contribution >= 4 is 11.0 Å². The molecule has 1 heterocycles. The number of hydrogen-bond donors (Lipinski definition) is 2. The number of benzene rings is 2. The van der Waals surface area contributed by atoms with Crippen molar-refractivity contribution in [2.75, 3.05) is 0 Å². The van der Waals surface area contributed by atoms with Gasteiger partial charge in [-0.15, -0.1) is 0 Å². The summed E-state index contributed by atoms with van der Waals surface area (Å²) in [4.78, 5) is 8.36. The summed E-state index contributed by atoms with van der Waals surface area (Å²) in [7, 11) is 0. The predicted molar refractivity (Wildman–Crippen MR) is 124 cm³/mol. The largest absolute Gasteiger partial charge is 0.507 e. The molecule has 0 spiro atoms. The lowest BCUT2D eigenvalue weighted by Crippen LogP contribution is -2.31. The van der Waals surface area contributed by atoms with Gasteiger partial charge in [-0.2, -0.15) is 0 Å². The monoisotopic (exact) mass is 402 g/mol. The van der Waals surface area contributed by atoms with E-state index in [0.717, 1.165) is 39.5 Å². The summed E-state index contributed by atoms with van der Waals surface area (Å²) >= 11 is 0. The summed E-state index contributed by atoms with van der Waals surface area (Å²) in [5.41, 5.74) is 5.62. The fourth-order valence-electron chi connectivity index (χ4n) is 6.39. The van der Waals surface area contributed by atoms with E-state index < -0.39 is 0 Å². The van der Waals surface area contributed by atoms with Crippen molar-refractivity contribution in [3.63, 3.8) is 0 Å². The van der Waals surface area contributed by atoms with Gasteiger partial charge in [0.15, 0.2) is 0 Å². The van der Waals surface area contributed by atoms with Crippen LogP contribution < -0.4 is 0 Å². The van der Waals surface area contributed by atoms with Crippen LogP contribution in [-0.2, 0) is 5.41 Å². The van der Waals surface area contributed by atoms with Crippen LogP contribution in [0, 0.1) is 16.7 Å². The van der Waals surface area contributed by atoms with Gasteiger partial charge in [-0.05, 0) is 77.2 Å². The van der Waals surface area contributed by atoms with Crippen LogP contribution in [0.15, 0.2) is 36.4 Å². The van der Waals surface area contributed by atoms with Crippen LogP contribution in [-0.4, -0.2) is 15.1 Å². The molecule has 30 heavy (non-hydrogen) atoms. The van der Waals surface area contributed by atoms with Crippen molar-refractivity contribution in [1.82, 2.24) is 9.97 Å². The number of nitrogens with zero attached hydrogens (tertiary/aromatic N) is 1. The molecule has 3 unspecified atom stereocenters. The molecule has 3 heteroatoms. The van der Waals surface area contributed by atoms with Gasteiger partial charge in [0.2, 0.25) is 0 Å². The number of phenols is 1. The van der Waals surface area contributed by atoms with Crippen molar-refractivity contribution in [2.24, 2.45) is 16.7 Å². The van der Waals surface area contributed by atoms with E-state index in [1.807, 2.05) is 18.2 Å². The van der Waals surface area contributed by atoms with Crippen molar-refractivity contribution in [2.45, 2.75) is 72.1 Å². The van der Waals surface area contributed by atoms with Crippen molar-refractivity contribution < 1.29 is 5.11 Å². The molecule has 2 fully saturated rings. The number of fused-ring (bicyclic) bond motifs is 3. The number of para-hydroxylation sites is 2. The summed E-state index contributed by atoms with van der Waals surface area (Å²) in [6, 6.07) is 12.5. The molecule has 0 amide bonds. The zero-order valence-electron chi connectivity index (χ0n) is 19.1. The molecule has 2 bridgehead atoms. The van der Waals surface area contributed by atoms with Crippen LogP contribution in [0.4, 0.5) is 0 Å². The molecule has 0 aliphatic heterocycles. The smallest absolute Gasteiger partial charge is 0.138 e. The van der Waals surface area contributed by atoms with Gasteiger partial charge in [-0.3, -0.25) is 0 Å². The van der Waals surface area contributed by atoms with Crippen molar-refractivity contribution in [3.8, 4) is 17.1 Å². The van der Waals surface area contributed by atoms with E-state index in [0.29, 0.717) is 17.1 Å². The Labute approximate surface area is 179 Å². The highest BCUT2D eigenvalue weighted by atomic mass is 16.3. The van der Waals surface area contributed by atoms with Crippen molar-refractivity contribution in [1.29, 1.82) is 0 Å². The minimum Gasteiger partial charge on any atom is -0.507 e. The Balaban J connectivity index is 1.71. The molecule has 0 radical (unpaired) electrons. The first-order chi connectivity index (χ1) is 14.0. The van der Waals surface area contributed by atoms with Crippen LogP contribution in [0.2, 0.25) is 0 Å². The number of H-pyrrole nitrogens is 1. The highest BCUT2D eigenvalue weighted by molar-refractivity contribution is 5.79. The van der Waals surface area contributed by atoms with E-state index in [1.54, 1.807) is 0 Å². The Bertz CT molecular complexity index is 1100. The standard InChI is InChI=1S/C27H34N2O/c1-25(2,3)20-14-16(24-28-21-9-7-8-10-22(21)29-24)13-18(23(20)30)19-15-17-11-12-27(19,6)26(17,4)5/h7-10,13-14,17,19,30H,11-12,15H2,1-6H3,(H,28,29).